The molecule has 3 heterocycles. The summed E-state index contributed by atoms with van der Waals surface area (Å²) in [6.45, 7) is 3.17. The number of H-pyrrole nitrogens is 1. The maximum Gasteiger partial charge on any atom is 0.296 e. The van der Waals surface area contributed by atoms with Crippen LogP contribution in [0.4, 0.5) is 5.69 Å². The molecule has 0 saturated carbocycles. The van der Waals surface area contributed by atoms with Crippen LogP contribution in [0, 0.1) is 6.92 Å². The third-order valence-corrected chi connectivity index (χ3v) is 8.32. The number of aryl methyl sites for hydroxylation is 1. The summed E-state index contributed by atoms with van der Waals surface area (Å²) in [6.07, 6.45) is 2.66. The Hall–Kier alpha value is -3.77. The number of carbonyl (C=O) groups excluding carboxylic acids is 3. The molecule has 12 heteroatoms. The highest BCUT2D eigenvalue weighted by Gasteiger charge is 2.32. The van der Waals surface area contributed by atoms with E-state index in [2.05, 4.69) is 25.5 Å². The number of benzene rings is 2. The molecule has 2 aromatic carbocycles. The van der Waals surface area contributed by atoms with Crippen molar-refractivity contribution in [3.8, 4) is 0 Å². The standard InChI is InChI=1S/C25H27N5O6S/c1-14-3-7-20(37(34,35)36-2)17(11-14)15-9-10-30(12-15)19-6-4-16(22-23(19)27-13-26-22)24(32)28-18-5-8-21(31)29-25(18)33/h3-4,6-7,11,13,15,18H,5,8-10,12H2,1-2H3,(H,26,27)(H,28,32)(H,29,31,33). The van der Waals surface area contributed by atoms with Crippen LogP contribution in [0.2, 0.25) is 0 Å². The Balaban J connectivity index is 1.40. The lowest BCUT2D eigenvalue weighted by Crippen LogP contribution is -2.52. The molecule has 5 rings (SSSR count). The Kier molecular flexibility index (Phi) is 6.46. The number of imide groups is 1. The van der Waals surface area contributed by atoms with E-state index in [1.807, 2.05) is 19.1 Å². The van der Waals surface area contributed by atoms with Crippen LogP contribution in [0.5, 0.6) is 0 Å². The molecule has 3 N–H and O–H groups in total. The van der Waals surface area contributed by atoms with Gasteiger partial charge < -0.3 is 15.2 Å². The number of fused-ring (bicyclic) bond motifs is 1. The van der Waals surface area contributed by atoms with E-state index in [0.717, 1.165) is 30.3 Å². The lowest BCUT2D eigenvalue weighted by atomic mass is 9.97. The van der Waals surface area contributed by atoms with Crippen molar-refractivity contribution in [3.05, 3.63) is 53.3 Å². The van der Waals surface area contributed by atoms with Gasteiger partial charge in [0.15, 0.2) is 0 Å². The number of anilines is 1. The van der Waals surface area contributed by atoms with Crippen LogP contribution in [0.1, 0.15) is 46.7 Å². The number of hydrogen-bond donors (Lipinski definition) is 3. The molecule has 3 aromatic rings. The number of nitrogens with zero attached hydrogens (tertiary/aromatic N) is 2. The Labute approximate surface area is 213 Å². The molecule has 11 nitrogen and oxygen atoms in total. The van der Waals surface area contributed by atoms with Crippen LogP contribution in [0.25, 0.3) is 11.0 Å². The van der Waals surface area contributed by atoms with Gasteiger partial charge in [-0.2, -0.15) is 8.42 Å². The summed E-state index contributed by atoms with van der Waals surface area (Å²) in [4.78, 5) is 46.2. The second-order valence-electron chi connectivity index (χ2n) is 9.33. The summed E-state index contributed by atoms with van der Waals surface area (Å²) in [5.41, 5.74) is 3.98. The van der Waals surface area contributed by atoms with E-state index < -0.39 is 28.0 Å². The molecule has 2 atom stereocenters. The molecule has 3 amide bonds. The summed E-state index contributed by atoms with van der Waals surface area (Å²) in [7, 11) is -2.69. The number of amides is 3. The van der Waals surface area contributed by atoms with Gasteiger partial charge in [-0.15, -0.1) is 0 Å². The van der Waals surface area contributed by atoms with E-state index in [4.69, 9.17) is 4.18 Å². The van der Waals surface area contributed by atoms with Gasteiger partial charge in [0.1, 0.15) is 11.6 Å². The van der Waals surface area contributed by atoms with Crippen molar-refractivity contribution in [2.75, 3.05) is 25.1 Å². The fourth-order valence-corrected chi connectivity index (χ4v) is 6.00. The van der Waals surface area contributed by atoms with E-state index >= 15 is 0 Å². The van der Waals surface area contributed by atoms with Crippen molar-refractivity contribution >= 4 is 44.6 Å². The molecule has 0 bridgehead atoms. The molecule has 2 unspecified atom stereocenters. The van der Waals surface area contributed by atoms with Gasteiger partial charge >= 0.3 is 0 Å². The molecular formula is C25H27N5O6S. The highest BCUT2D eigenvalue weighted by Crippen LogP contribution is 2.37. The maximum atomic E-state index is 13.0. The second-order valence-corrected chi connectivity index (χ2v) is 11.0. The fourth-order valence-electron chi connectivity index (χ4n) is 5.07. The van der Waals surface area contributed by atoms with E-state index in [-0.39, 0.29) is 29.6 Å². The smallest absolute Gasteiger partial charge is 0.296 e. The van der Waals surface area contributed by atoms with E-state index in [0.29, 0.717) is 29.7 Å². The summed E-state index contributed by atoms with van der Waals surface area (Å²) in [5.74, 6) is -1.35. The number of hydrogen-bond acceptors (Lipinski definition) is 8. The van der Waals surface area contributed by atoms with Gasteiger partial charge in [0.05, 0.1) is 35.1 Å². The fraction of sp³-hybridized carbons (Fsp3) is 0.360. The van der Waals surface area contributed by atoms with E-state index in [1.165, 1.54) is 6.33 Å². The van der Waals surface area contributed by atoms with Crippen molar-refractivity contribution in [1.29, 1.82) is 0 Å². The van der Waals surface area contributed by atoms with Crippen molar-refractivity contribution in [2.24, 2.45) is 0 Å². The molecular weight excluding hydrogens is 498 g/mol. The lowest BCUT2D eigenvalue weighted by molar-refractivity contribution is -0.134. The summed E-state index contributed by atoms with van der Waals surface area (Å²) in [6, 6.07) is 7.95. The number of aromatic nitrogens is 2. The number of imidazole rings is 1. The zero-order chi connectivity index (χ0) is 26.3. The number of piperidine rings is 1. The molecule has 0 radical (unpaired) electrons. The van der Waals surface area contributed by atoms with Crippen molar-refractivity contribution in [1.82, 2.24) is 20.6 Å². The monoisotopic (exact) mass is 525 g/mol. The summed E-state index contributed by atoms with van der Waals surface area (Å²) < 4.78 is 29.9. The first-order chi connectivity index (χ1) is 17.7. The van der Waals surface area contributed by atoms with Gasteiger partial charge in [0.25, 0.3) is 16.0 Å². The largest absolute Gasteiger partial charge is 0.369 e. The predicted octanol–water partition coefficient (Wildman–Crippen LogP) is 1.74. The van der Waals surface area contributed by atoms with Crippen LogP contribution in [-0.2, 0) is 23.9 Å². The molecule has 2 aliphatic heterocycles. The minimum atomic E-state index is -3.85. The van der Waals surface area contributed by atoms with Crippen molar-refractivity contribution in [3.63, 3.8) is 0 Å². The summed E-state index contributed by atoms with van der Waals surface area (Å²) in [5, 5.41) is 4.94. The van der Waals surface area contributed by atoms with Gasteiger partial charge in [-0.3, -0.25) is 23.9 Å². The normalized spacial score (nSPS) is 20.3. The average molecular weight is 526 g/mol. The lowest BCUT2D eigenvalue weighted by Gasteiger charge is -2.23. The Morgan fingerprint density at radius 1 is 1.19 bits per heavy atom. The first-order valence-electron chi connectivity index (χ1n) is 11.9. The Bertz CT molecular complexity index is 1510. The van der Waals surface area contributed by atoms with Gasteiger partial charge in [-0.25, -0.2) is 4.98 Å². The minimum Gasteiger partial charge on any atom is -0.369 e. The van der Waals surface area contributed by atoms with Crippen LogP contribution < -0.4 is 15.5 Å². The maximum absolute atomic E-state index is 13.0. The quantitative estimate of drug-likeness (QED) is 0.325. The van der Waals surface area contributed by atoms with Gasteiger partial charge in [-0.1, -0.05) is 17.7 Å². The Morgan fingerprint density at radius 3 is 2.76 bits per heavy atom. The second kappa shape index (κ2) is 9.60. The Morgan fingerprint density at radius 2 is 2.00 bits per heavy atom. The molecule has 0 spiro atoms. The van der Waals surface area contributed by atoms with Crippen LogP contribution in [-0.4, -0.2) is 62.3 Å². The number of carbonyl (C=O) groups is 3. The van der Waals surface area contributed by atoms with E-state index in [9.17, 15) is 22.8 Å². The SMILES string of the molecule is COS(=O)(=O)c1ccc(C)cc1C1CCN(c2ccc(C(=O)NC3CCC(=O)NC3=O)c3[nH]cnc23)C1. The number of nitrogens with one attached hydrogen (secondary N) is 3. The zero-order valence-electron chi connectivity index (χ0n) is 20.4. The molecule has 1 aromatic heterocycles. The molecule has 2 fully saturated rings. The van der Waals surface area contributed by atoms with Crippen LogP contribution >= 0.6 is 0 Å². The topological polar surface area (TPSA) is 151 Å². The number of aromatic amines is 1. The van der Waals surface area contributed by atoms with E-state index in [1.54, 1.807) is 18.2 Å². The predicted molar refractivity (Wildman–Crippen MR) is 135 cm³/mol. The first kappa shape index (κ1) is 24.9. The minimum absolute atomic E-state index is 0.0377. The highest BCUT2D eigenvalue weighted by atomic mass is 32.2. The van der Waals surface area contributed by atoms with Gasteiger partial charge in [0, 0.05) is 25.4 Å². The first-order valence-corrected chi connectivity index (χ1v) is 13.4. The third kappa shape index (κ3) is 4.69. The van der Waals surface area contributed by atoms with Crippen molar-refractivity contribution in [2.45, 2.75) is 43.0 Å². The van der Waals surface area contributed by atoms with Crippen molar-refractivity contribution < 1.29 is 27.0 Å². The summed E-state index contributed by atoms with van der Waals surface area (Å²) >= 11 is 0. The zero-order valence-corrected chi connectivity index (χ0v) is 21.2. The average Bonchev–Trinajstić information content (AvgIpc) is 3.55. The molecule has 2 aliphatic rings. The van der Waals surface area contributed by atoms with Gasteiger partial charge in [0.2, 0.25) is 11.8 Å². The van der Waals surface area contributed by atoms with Gasteiger partial charge in [-0.05, 0) is 43.5 Å². The van der Waals surface area contributed by atoms with Crippen LogP contribution in [0.15, 0.2) is 41.6 Å². The highest BCUT2D eigenvalue weighted by molar-refractivity contribution is 7.86. The third-order valence-electron chi connectivity index (χ3n) is 6.97. The molecule has 37 heavy (non-hydrogen) atoms. The number of rotatable bonds is 6. The molecule has 194 valence electrons. The molecule has 0 aliphatic carbocycles. The molecule has 2 saturated heterocycles. The van der Waals surface area contributed by atoms with Crippen LogP contribution in [0.3, 0.4) is 0 Å².